The maximum absolute atomic E-state index is 7.00. The fourth-order valence-corrected chi connectivity index (χ4v) is 12.0. The molecule has 0 radical (unpaired) electrons. The fourth-order valence-electron chi connectivity index (χ4n) is 10.8. The highest BCUT2D eigenvalue weighted by Gasteiger charge is 2.39. The van der Waals surface area contributed by atoms with Crippen LogP contribution in [0.1, 0.15) is 35.4 Å². The number of nitrogens with zero attached hydrogens (tertiary/aromatic N) is 3. The number of hydrogen-bond donors (Lipinski definition) is 0. The Morgan fingerprint density at radius 2 is 1.34 bits per heavy atom. The van der Waals surface area contributed by atoms with Crippen molar-refractivity contribution in [3.8, 4) is 34.2 Å². The third-order valence-corrected chi connectivity index (χ3v) is 14.8. The van der Waals surface area contributed by atoms with Gasteiger partial charge in [0.05, 0.1) is 5.56 Å². The van der Waals surface area contributed by atoms with Gasteiger partial charge in [0.2, 0.25) is 0 Å². The minimum Gasteiger partial charge on any atom is -0.455 e. The van der Waals surface area contributed by atoms with Crippen LogP contribution in [0.3, 0.4) is 0 Å². The zero-order valence-corrected chi connectivity index (χ0v) is 34.1. The Hall–Kier alpha value is -6.95. The summed E-state index contributed by atoms with van der Waals surface area (Å²) in [5.74, 6) is 3.39. The molecule has 7 aromatic carbocycles. The summed E-state index contributed by atoms with van der Waals surface area (Å²) in [6, 6.07) is 52.2. The van der Waals surface area contributed by atoms with Crippen molar-refractivity contribution in [2.45, 2.75) is 25.2 Å². The van der Waals surface area contributed by atoms with E-state index in [1.165, 1.54) is 47.6 Å². The second-order valence-electron chi connectivity index (χ2n) is 17.0. The van der Waals surface area contributed by atoms with E-state index in [0.29, 0.717) is 41.1 Å². The lowest BCUT2D eigenvalue weighted by Crippen LogP contribution is -2.23. The van der Waals surface area contributed by atoms with E-state index in [0.717, 1.165) is 57.9 Å². The van der Waals surface area contributed by atoms with Crippen LogP contribution in [0.2, 0.25) is 0 Å². The van der Waals surface area contributed by atoms with E-state index in [4.69, 9.17) is 19.4 Å². The third-order valence-electron chi connectivity index (χ3n) is 13.7. The van der Waals surface area contributed by atoms with Gasteiger partial charge in [-0.2, -0.15) is 0 Å². The number of benzene rings is 7. The molecule has 4 nitrogen and oxygen atoms in total. The van der Waals surface area contributed by atoms with Gasteiger partial charge in [-0.1, -0.05) is 151 Å². The van der Waals surface area contributed by atoms with E-state index in [2.05, 4.69) is 176 Å². The number of fused-ring (bicyclic) bond motifs is 11. The van der Waals surface area contributed by atoms with Crippen LogP contribution < -0.4 is 0 Å². The van der Waals surface area contributed by atoms with Gasteiger partial charge < -0.3 is 4.42 Å². The molecular formula is C56H39N3OS. The minimum absolute atomic E-state index is 0.296. The summed E-state index contributed by atoms with van der Waals surface area (Å²) >= 11 is 1.81. The minimum atomic E-state index is 0.296. The molecule has 10 aromatic rings. The van der Waals surface area contributed by atoms with Crippen LogP contribution in [0, 0.1) is 17.8 Å². The average molecular weight is 802 g/mol. The number of thiophene rings is 1. The molecule has 13 rings (SSSR count). The van der Waals surface area contributed by atoms with Crippen molar-refractivity contribution >= 4 is 70.3 Å². The number of rotatable bonds is 4. The van der Waals surface area contributed by atoms with E-state index in [1.54, 1.807) is 16.9 Å². The van der Waals surface area contributed by atoms with E-state index in [1.807, 2.05) is 0 Å². The van der Waals surface area contributed by atoms with Crippen LogP contribution >= 0.6 is 11.3 Å². The standard InChI is InChI=1S/C56H39N3OS/c1-2-13-34-31-38(25-24-33(34)12-1)54-57-55(45-20-11-23-50-51(45)44-19-8-10-22-49(44)61-50)59-56(58-54)46-29-28-42(52-43-18-7-9-21-48(43)60-53(46)52)41-27-26-37-30-35-14-3-4-15-36(35)32-47(37)40-17-6-5-16-39(40)41/h1-25,28-29,31-32,37,39-41H,26-27,30H2. The Labute approximate surface area is 357 Å². The molecule has 3 heterocycles. The van der Waals surface area contributed by atoms with Crippen molar-refractivity contribution in [3.05, 3.63) is 192 Å². The van der Waals surface area contributed by atoms with Crippen molar-refractivity contribution in [1.29, 1.82) is 0 Å². The van der Waals surface area contributed by atoms with Crippen molar-refractivity contribution < 1.29 is 4.42 Å². The molecule has 0 spiro atoms. The monoisotopic (exact) mass is 801 g/mol. The van der Waals surface area contributed by atoms with E-state index >= 15 is 0 Å². The lowest BCUT2D eigenvalue weighted by Gasteiger charge is -2.34. The van der Waals surface area contributed by atoms with Gasteiger partial charge in [0, 0.05) is 48.0 Å². The second kappa shape index (κ2) is 13.8. The Morgan fingerprint density at radius 1 is 0.574 bits per heavy atom. The third kappa shape index (κ3) is 5.61. The normalized spacial score (nSPS) is 19.6. The lowest BCUT2D eigenvalue weighted by molar-refractivity contribution is 0.436. The van der Waals surface area contributed by atoms with Crippen LogP contribution in [0.4, 0.5) is 0 Å². The zero-order chi connectivity index (χ0) is 40.0. The van der Waals surface area contributed by atoms with Gasteiger partial charge in [-0.25, -0.2) is 15.0 Å². The molecule has 290 valence electrons. The van der Waals surface area contributed by atoms with Crippen molar-refractivity contribution in [1.82, 2.24) is 15.0 Å². The molecular weight excluding hydrogens is 763 g/mol. The molecule has 3 aliphatic carbocycles. The molecule has 3 aliphatic rings. The number of hydrogen-bond acceptors (Lipinski definition) is 5. The van der Waals surface area contributed by atoms with Gasteiger partial charge in [0.1, 0.15) is 11.2 Å². The zero-order valence-electron chi connectivity index (χ0n) is 33.3. The van der Waals surface area contributed by atoms with Crippen molar-refractivity contribution in [2.24, 2.45) is 17.8 Å². The summed E-state index contributed by atoms with van der Waals surface area (Å²) < 4.78 is 9.46. The summed E-state index contributed by atoms with van der Waals surface area (Å²) in [5, 5.41) is 7.01. The predicted octanol–water partition coefficient (Wildman–Crippen LogP) is 14.8. The first-order chi connectivity index (χ1) is 30.2. The molecule has 3 aromatic heterocycles. The highest BCUT2D eigenvalue weighted by Crippen LogP contribution is 2.52. The topological polar surface area (TPSA) is 51.8 Å². The largest absolute Gasteiger partial charge is 0.455 e. The molecule has 0 aliphatic heterocycles. The molecule has 1 fully saturated rings. The van der Waals surface area contributed by atoms with Gasteiger partial charge in [-0.15, -0.1) is 11.3 Å². The Morgan fingerprint density at radius 3 is 2.30 bits per heavy atom. The Kier molecular flexibility index (Phi) is 7.89. The molecule has 0 N–H and O–H groups in total. The lowest BCUT2D eigenvalue weighted by atomic mass is 9.70. The first-order valence-electron chi connectivity index (χ1n) is 21.5. The van der Waals surface area contributed by atoms with Crippen LogP contribution in [0.5, 0.6) is 0 Å². The van der Waals surface area contributed by atoms with Crippen molar-refractivity contribution in [3.63, 3.8) is 0 Å². The maximum Gasteiger partial charge on any atom is 0.167 e. The molecule has 61 heavy (non-hydrogen) atoms. The smallest absolute Gasteiger partial charge is 0.167 e. The number of allylic oxidation sites excluding steroid dienone is 5. The van der Waals surface area contributed by atoms with E-state index < -0.39 is 0 Å². The molecule has 0 bridgehead atoms. The first-order valence-corrected chi connectivity index (χ1v) is 22.3. The van der Waals surface area contributed by atoms with Crippen LogP contribution in [-0.2, 0) is 6.42 Å². The Bertz CT molecular complexity index is 3510. The average Bonchev–Trinajstić information content (AvgIpc) is 3.86. The molecule has 4 unspecified atom stereocenters. The quantitative estimate of drug-likeness (QED) is 0.178. The van der Waals surface area contributed by atoms with Gasteiger partial charge in [-0.3, -0.25) is 0 Å². The Balaban J connectivity index is 1.02. The van der Waals surface area contributed by atoms with Gasteiger partial charge in [-0.05, 0) is 94.8 Å². The summed E-state index contributed by atoms with van der Waals surface area (Å²) in [6.07, 6.45) is 15.3. The molecule has 1 saturated carbocycles. The summed E-state index contributed by atoms with van der Waals surface area (Å²) in [5.41, 5.74) is 10.3. The second-order valence-corrected chi connectivity index (χ2v) is 18.0. The van der Waals surface area contributed by atoms with Gasteiger partial charge >= 0.3 is 0 Å². The van der Waals surface area contributed by atoms with Gasteiger partial charge in [0.15, 0.2) is 17.5 Å². The summed E-state index contributed by atoms with van der Waals surface area (Å²) in [7, 11) is 0. The number of furan rings is 1. The predicted molar refractivity (Wildman–Crippen MR) is 253 cm³/mol. The molecule has 5 heteroatoms. The van der Waals surface area contributed by atoms with Crippen LogP contribution in [-0.4, -0.2) is 15.0 Å². The molecule has 4 atom stereocenters. The van der Waals surface area contributed by atoms with Crippen LogP contribution in [0.15, 0.2) is 180 Å². The SMILES string of the molecule is C1=CC2C3=Cc4ccccc4CC3CCC(c3ccc(-c4nc(-c5ccc6ccccc6c5)nc(-c5cccc6sc7ccccc7c56)n4)c4oc5ccccc5c34)C2C=C1. The number of aromatic nitrogens is 3. The van der Waals surface area contributed by atoms with Gasteiger partial charge in [0.25, 0.3) is 0 Å². The number of para-hydroxylation sites is 1. The summed E-state index contributed by atoms with van der Waals surface area (Å²) in [4.78, 5) is 16.0. The highest BCUT2D eigenvalue weighted by molar-refractivity contribution is 7.25. The first kappa shape index (κ1) is 34.9. The van der Waals surface area contributed by atoms with E-state index in [-0.39, 0.29) is 0 Å². The van der Waals surface area contributed by atoms with E-state index in [9.17, 15) is 0 Å². The summed E-state index contributed by atoms with van der Waals surface area (Å²) in [6.45, 7) is 0. The van der Waals surface area contributed by atoms with Crippen molar-refractivity contribution in [2.75, 3.05) is 0 Å². The fraction of sp³-hybridized carbons (Fsp3) is 0.125. The molecule has 0 saturated heterocycles. The highest BCUT2D eigenvalue weighted by atomic mass is 32.1. The van der Waals surface area contributed by atoms with Crippen LogP contribution in [0.25, 0.3) is 93.1 Å². The maximum atomic E-state index is 7.00. The molecule has 0 amide bonds.